The van der Waals surface area contributed by atoms with Crippen molar-refractivity contribution < 1.29 is 89.0 Å². The molecule has 5 aromatic carbocycles. The number of hydrogen-bond donors (Lipinski definition) is 2. The average Bonchev–Trinajstić information content (AvgIpc) is 3.12. The first kappa shape index (κ1) is 40.4. The lowest BCUT2D eigenvalue weighted by molar-refractivity contribution is -0.786. The van der Waals surface area contributed by atoms with Crippen LogP contribution in [0.5, 0.6) is 5.75 Å². The Labute approximate surface area is 284 Å². The molecule has 0 aliphatic heterocycles. The monoisotopic (exact) mass is 781 g/mol. The molecule has 2 nitrogen and oxygen atoms in total. The number of benzene rings is 5. The van der Waals surface area contributed by atoms with Crippen molar-refractivity contribution in [1.29, 1.82) is 0 Å². The van der Waals surface area contributed by atoms with Crippen LogP contribution >= 0.6 is 0 Å². The first-order chi connectivity index (χ1) is 24.6. The van der Waals surface area contributed by atoms with Crippen LogP contribution in [0.2, 0.25) is 0 Å². The zero-order valence-corrected chi connectivity index (χ0v) is 25.8. The van der Waals surface area contributed by atoms with E-state index in [9.17, 15) is 49.0 Å². The van der Waals surface area contributed by atoms with Gasteiger partial charge in [0, 0.05) is 6.07 Å². The summed E-state index contributed by atoms with van der Waals surface area (Å²) < 4.78 is 266. The van der Waals surface area contributed by atoms with Crippen molar-refractivity contribution in [1.82, 2.24) is 0 Å². The zero-order valence-electron chi connectivity index (χ0n) is 25.8. The molecule has 0 saturated carbocycles. The summed E-state index contributed by atoms with van der Waals surface area (Å²) in [5, 5.41) is 9.38. The van der Waals surface area contributed by atoms with Crippen LogP contribution < -0.4 is 26.8 Å². The molecule has 21 heteroatoms. The molecule has 282 valence electrons. The van der Waals surface area contributed by atoms with E-state index in [2.05, 4.69) is 38.4 Å². The molecule has 0 aromatic heterocycles. The lowest BCUT2D eigenvalue weighted by atomic mass is 9.12. The van der Waals surface area contributed by atoms with Crippen LogP contribution in [0.15, 0.2) is 36.4 Å². The van der Waals surface area contributed by atoms with Crippen LogP contribution in [-0.2, 0) is 0 Å². The number of hydrogen-bond acceptors (Lipinski definition) is 1. The number of phenolic OH excluding ortho intramolecular Hbond substituents is 1. The van der Waals surface area contributed by atoms with Gasteiger partial charge in [0.1, 0.15) is 52.6 Å². The maximum atomic E-state index is 15.4. The van der Waals surface area contributed by atoms with Gasteiger partial charge in [0.05, 0.1) is 19.9 Å². The minimum atomic E-state index is -6.90. The maximum absolute atomic E-state index is 15.4. The molecule has 0 bridgehead atoms. The highest BCUT2D eigenvalue weighted by Crippen LogP contribution is 2.31. The van der Waals surface area contributed by atoms with Gasteiger partial charge in [-0.1, -0.05) is 18.2 Å². The molecule has 0 fully saturated rings. The first-order valence-electron chi connectivity index (χ1n) is 14.0. The Morgan fingerprint density at radius 1 is 0.377 bits per heavy atom. The van der Waals surface area contributed by atoms with Crippen LogP contribution in [-0.4, -0.2) is 25.3 Å². The summed E-state index contributed by atoms with van der Waals surface area (Å²) in [6.07, 6.45) is -6.90. The van der Waals surface area contributed by atoms with Crippen molar-refractivity contribution in [3.63, 3.8) is 0 Å². The fourth-order valence-electron chi connectivity index (χ4n) is 5.64. The van der Waals surface area contributed by atoms with Gasteiger partial charge in [-0.15, -0.1) is 21.9 Å². The van der Waals surface area contributed by atoms with Crippen LogP contribution in [0.1, 0.15) is 0 Å². The molecular formula is C32H14BF18NO. The van der Waals surface area contributed by atoms with Crippen LogP contribution in [0.4, 0.5) is 84.7 Å². The third kappa shape index (κ3) is 6.19. The van der Waals surface area contributed by atoms with Crippen LogP contribution in [0.3, 0.4) is 0 Å². The topological polar surface area (TPSA) is 24.7 Å². The smallest absolute Gasteiger partial charge is 0.200 e. The predicted molar refractivity (Wildman–Crippen MR) is 150 cm³/mol. The normalized spacial score (nSPS) is 11.6. The molecule has 0 atom stereocenters. The largest absolute Gasteiger partial charge is 0.505 e. The molecule has 0 aliphatic carbocycles. The van der Waals surface area contributed by atoms with Crippen LogP contribution in [0.25, 0.3) is 0 Å². The number of aromatic hydroxyl groups is 1. The summed E-state index contributed by atoms with van der Waals surface area (Å²) >= 11 is 0. The van der Waals surface area contributed by atoms with E-state index >= 15 is 35.1 Å². The summed E-state index contributed by atoms with van der Waals surface area (Å²) in [6.45, 7) is 0. The van der Waals surface area contributed by atoms with Crippen molar-refractivity contribution in [2.75, 3.05) is 14.1 Å². The Kier molecular flexibility index (Phi) is 11.1. The second-order valence-electron chi connectivity index (χ2n) is 11.1. The second-order valence-corrected chi connectivity index (χ2v) is 11.1. The molecule has 0 amide bonds. The molecule has 5 rings (SSSR count). The third-order valence-electron chi connectivity index (χ3n) is 7.99. The molecule has 0 heterocycles. The van der Waals surface area contributed by atoms with Gasteiger partial charge in [-0.05, 0) is 12.1 Å². The van der Waals surface area contributed by atoms with Crippen molar-refractivity contribution in [3.8, 4) is 5.75 Å². The van der Waals surface area contributed by atoms with E-state index in [1.54, 1.807) is 0 Å². The predicted octanol–water partition coefficient (Wildman–Crippen LogP) is 5.74. The van der Waals surface area contributed by atoms with Crippen molar-refractivity contribution in [2.45, 2.75) is 0 Å². The van der Waals surface area contributed by atoms with E-state index in [0.717, 1.165) is 0 Å². The number of rotatable bonds is 5. The van der Waals surface area contributed by atoms with Gasteiger partial charge in [-0.2, -0.15) is 4.39 Å². The number of halogens is 18. The minimum absolute atomic E-state index is 0.769. The summed E-state index contributed by atoms with van der Waals surface area (Å²) in [5.41, 5.74) is -11.9. The van der Waals surface area contributed by atoms with Gasteiger partial charge in [0.25, 0.3) is 0 Å². The number of nitrogens with one attached hydrogen (secondary N) is 1. The van der Waals surface area contributed by atoms with Crippen molar-refractivity contribution >= 4 is 33.7 Å². The molecule has 0 radical (unpaired) electrons. The summed E-state index contributed by atoms with van der Waals surface area (Å²) in [4.78, 5) is 1.37. The molecule has 0 unspecified atom stereocenters. The SMILES string of the molecule is C[NH+](C)c1ccccc1.Oc1cc(F)c([B-](c2c(F)c(F)c(F)c(F)c2F)(c2c(F)c(F)c(F)c(F)c2F)c2c(F)c(F)c(F)c(F)c2F)c(F)c1F. The summed E-state index contributed by atoms with van der Waals surface area (Å²) in [6, 6.07) is 9.62. The highest BCUT2D eigenvalue weighted by molar-refractivity contribution is 7.20. The Morgan fingerprint density at radius 3 is 0.906 bits per heavy atom. The molecule has 2 N–H and O–H groups in total. The fraction of sp³-hybridized carbons (Fsp3) is 0.0625. The third-order valence-corrected chi connectivity index (χ3v) is 7.99. The van der Waals surface area contributed by atoms with Gasteiger partial charge >= 0.3 is 0 Å². The molecule has 0 aliphatic rings. The van der Waals surface area contributed by atoms with Gasteiger partial charge in [-0.3, -0.25) is 0 Å². The van der Waals surface area contributed by atoms with Gasteiger partial charge in [-0.25, -0.2) is 74.6 Å². The molecular weight excluding hydrogens is 767 g/mol. The Bertz CT molecular complexity index is 2030. The van der Waals surface area contributed by atoms with Gasteiger partial charge < -0.3 is 10.0 Å². The van der Waals surface area contributed by atoms with E-state index in [1.165, 1.54) is 10.6 Å². The number of quaternary nitrogens is 1. The number of phenols is 1. The van der Waals surface area contributed by atoms with Gasteiger partial charge in [0.15, 0.2) is 63.9 Å². The summed E-state index contributed by atoms with van der Waals surface area (Å²) in [5.74, 6) is -63.2. The van der Waals surface area contributed by atoms with Crippen LogP contribution in [0, 0.1) is 105 Å². The molecule has 0 saturated heterocycles. The highest BCUT2D eigenvalue weighted by atomic mass is 19.2. The van der Waals surface area contributed by atoms with E-state index in [4.69, 9.17) is 0 Å². The fourth-order valence-corrected chi connectivity index (χ4v) is 5.64. The average molecular weight is 781 g/mol. The summed E-state index contributed by atoms with van der Waals surface area (Å²) in [7, 11) is 4.24. The van der Waals surface area contributed by atoms with Crippen molar-refractivity contribution in [2.24, 2.45) is 0 Å². The maximum Gasteiger partial charge on any atom is 0.200 e. The second kappa shape index (κ2) is 14.6. The molecule has 53 heavy (non-hydrogen) atoms. The lowest BCUT2D eigenvalue weighted by Gasteiger charge is -2.44. The van der Waals surface area contributed by atoms with E-state index in [1.807, 2.05) is 6.07 Å². The van der Waals surface area contributed by atoms with Gasteiger partial charge in [0.2, 0.25) is 0 Å². The molecule has 0 spiro atoms. The standard InChI is InChI=1S/C24H2BF18O.C8H11N/c26-2-1-3(44)8(27)9(28)4(2)25(5-10(29)16(35)22(41)17(36)11(5)30,6-12(31)18(37)23(42)19(38)13(6)32)7-14(33)20(39)24(43)21(40)15(7)34;1-9(2)8-6-4-3-5-7-8/h1,44H;3-7H,1-2H3/q-1;/p+1. The lowest BCUT2D eigenvalue weighted by Crippen LogP contribution is -3.00. The first-order valence-corrected chi connectivity index (χ1v) is 14.0. The zero-order chi connectivity index (χ0) is 40.2. The van der Waals surface area contributed by atoms with Crippen molar-refractivity contribution in [3.05, 3.63) is 141 Å². The Hall–Kier alpha value is -5.34. The molecule has 5 aromatic rings. The van der Waals surface area contributed by atoms with E-state index in [-0.39, 0.29) is 0 Å². The van der Waals surface area contributed by atoms with E-state index in [0.29, 0.717) is 0 Å². The number of para-hydroxylation sites is 1. The quantitative estimate of drug-likeness (QED) is 0.101. The Morgan fingerprint density at radius 2 is 0.642 bits per heavy atom. The minimum Gasteiger partial charge on any atom is -0.505 e. The van der Waals surface area contributed by atoms with E-state index < -0.39 is 145 Å². The highest BCUT2D eigenvalue weighted by Gasteiger charge is 2.51. The Balaban J connectivity index is 0.000000608.